The minimum absolute atomic E-state index is 0.123. The van der Waals surface area contributed by atoms with Crippen LogP contribution in [0.2, 0.25) is 0 Å². The van der Waals surface area contributed by atoms with E-state index in [1.807, 2.05) is 0 Å². The summed E-state index contributed by atoms with van der Waals surface area (Å²) in [5, 5.41) is 3.37. The van der Waals surface area contributed by atoms with Gasteiger partial charge in [-0.3, -0.25) is 0 Å². The highest BCUT2D eigenvalue weighted by Gasteiger charge is 2.24. The fraction of sp³-hybridized carbons (Fsp3) is 0.750. The van der Waals surface area contributed by atoms with Crippen LogP contribution >= 0.6 is 0 Å². The van der Waals surface area contributed by atoms with Gasteiger partial charge in [-0.25, -0.2) is 4.98 Å². The Morgan fingerprint density at radius 3 is 3.12 bits per heavy atom. The van der Waals surface area contributed by atoms with Crippen molar-refractivity contribution in [2.45, 2.75) is 39.3 Å². The van der Waals surface area contributed by atoms with Gasteiger partial charge in [0.1, 0.15) is 6.10 Å². The van der Waals surface area contributed by atoms with Crippen LogP contribution in [0.1, 0.15) is 44.2 Å². The van der Waals surface area contributed by atoms with Crippen molar-refractivity contribution in [3.8, 4) is 0 Å². The van der Waals surface area contributed by atoms with Crippen molar-refractivity contribution in [2.75, 3.05) is 13.2 Å². The highest BCUT2D eigenvalue weighted by atomic mass is 16.5. The summed E-state index contributed by atoms with van der Waals surface area (Å²) in [6.45, 7) is 6.99. The molecule has 0 saturated carbocycles. The Labute approximate surface area is 96.4 Å². The second kappa shape index (κ2) is 5.46. The SMILES string of the molecule is CC(C)CNCc1ncoc1C1CCCO1. The third-order valence-corrected chi connectivity index (χ3v) is 2.74. The molecule has 1 saturated heterocycles. The van der Waals surface area contributed by atoms with E-state index in [4.69, 9.17) is 9.15 Å². The van der Waals surface area contributed by atoms with Crippen LogP contribution in [0.15, 0.2) is 10.8 Å². The van der Waals surface area contributed by atoms with E-state index < -0.39 is 0 Å². The molecule has 2 rings (SSSR count). The molecule has 2 heterocycles. The van der Waals surface area contributed by atoms with Crippen LogP contribution < -0.4 is 5.32 Å². The van der Waals surface area contributed by atoms with Crippen LogP contribution in [0.5, 0.6) is 0 Å². The van der Waals surface area contributed by atoms with Gasteiger partial charge in [0.15, 0.2) is 12.2 Å². The lowest BCUT2D eigenvalue weighted by molar-refractivity contribution is 0.0925. The standard InChI is InChI=1S/C12H20N2O2/c1-9(2)6-13-7-10-12(16-8-14-10)11-4-3-5-15-11/h8-9,11,13H,3-7H2,1-2H3. The summed E-state index contributed by atoms with van der Waals surface area (Å²) in [5.74, 6) is 1.56. The molecule has 4 nitrogen and oxygen atoms in total. The van der Waals surface area contributed by atoms with Crippen LogP contribution in [-0.4, -0.2) is 18.1 Å². The van der Waals surface area contributed by atoms with E-state index in [0.717, 1.165) is 44.0 Å². The minimum Gasteiger partial charge on any atom is -0.445 e. The molecule has 0 spiro atoms. The quantitative estimate of drug-likeness (QED) is 0.833. The van der Waals surface area contributed by atoms with E-state index in [0.29, 0.717) is 5.92 Å². The molecule has 1 aromatic rings. The lowest BCUT2D eigenvalue weighted by atomic mass is 10.1. The topological polar surface area (TPSA) is 47.3 Å². The molecular weight excluding hydrogens is 204 g/mol. The normalized spacial score (nSPS) is 20.8. The van der Waals surface area contributed by atoms with Crippen molar-refractivity contribution >= 4 is 0 Å². The van der Waals surface area contributed by atoms with Gasteiger partial charge < -0.3 is 14.5 Å². The zero-order valence-electron chi connectivity index (χ0n) is 10.0. The van der Waals surface area contributed by atoms with Gasteiger partial charge >= 0.3 is 0 Å². The summed E-state index contributed by atoms with van der Waals surface area (Å²) >= 11 is 0. The molecule has 16 heavy (non-hydrogen) atoms. The summed E-state index contributed by atoms with van der Waals surface area (Å²) in [7, 11) is 0. The average Bonchev–Trinajstić information content (AvgIpc) is 2.84. The van der Waals surface area contributed by atoms with Gasteiger partial charge in [-0.15, -0.1) is 0 Å². The second-order valence-corrected chi connectivity index (χ2v) is 4.69. The zero-order valence-corrected chi connectivity index (χ0v) is 10.0. The van der Waals surface area contributed by atoms with E-state index in [9.17, 15) is 0 Å². The molecule has 0 bridgehead atoms. The summed E-state index contributed by atoms with van der Waals surface area (Å²) in [5.41, 5.74) is 0.993. The van der Waals surface area contributed by atoms with Gasteiger partial charge in [0.25, 0.3) is 0 Å². The van der Waals surface area contributed by atoms with Crippen molar-refractivity contribution in [3.05, 3.63) is 17.8 Å². The number of oxazole rings is 1. The summed E-state index contributed by atoms with van der Waals surface area (Å²) < 4.78 is 11.0. The maximum absolute atomic E-state index is 5.60. The molecule has 1 aliphatic heterocycles. The Kier molecular flexibility index (Phi) is 3.96. The predicted molar refractivity (Wildman–Crippen MR) is 61.0 cm³/mol. The Balaban J connectivity index is 1.91. The van der Waals surface area contributed by atoms with Crippen LogP contribution in [0.25, 0.3) is 0 Å². The Hall–Kier alpha value is -0.870. The summed E-state index contributed by atoms with van der Waals surface area (Å²) in [6.07, 6.45) is 3.80. The first kappa shape index (κ1) is 11.6. The molecule has 0 aromatic carbocycles. The maximum Gasteiger partial charge on any atom is 0.181 e. The molecule has 4 heteroatoms. The van der Waals surface area contributed by atoms with Crippen molar-refractivity contribution in [1.82, 2.24) is 10.3 Å². The first-order chi connectivity index (χ1) is 7.77. The van der Waals surface area contributed by atoms with E-state index in [1.54, 1.807) is 0 Å². The van der Waals surface area contributed by atoms with Crippen LogP contribution in [0.4, 0.5) is 0 Å². The molecule has 1 unspecified atom stereocenters. The lowest BCUT2D eigenvalue weighted by Gasteiger charge is -2.09. The molecule has 1 aliphatic rings. The summed E-state index contributed by atoms with van der Waals surface area (Å²) in [6, 6.07) is 0. The number of nitrogens with one attached hydrogen (secondary N) is 1. The number of rotatable bonds is 5. The molecular formula is C12H20N2O2. The Morgan fingerprint density at radius 2 is 2.44 bits per heavy atom. The molecule has 0 aliphatic carbocycles. The number of hydrogen-bond acceptors (Lipinski definition) is 4. The van der Waals surface area contributed by atoms with E-state index >= 15 is 0 Å². The van der Waals surface area contributed by atoms with E-state index in [-0.39, 0.29) is 6.10 Å². The molecule has 1 fully saturated rings. The maximum atomic E-state index is 5.60. The number of nitrogens with zero attached hydrogens (tertiary/aromatic N) is 1. The molecule has 1 aromatic heterocycles. The number of ether oxygens (including phenoxy) is 1. The molecule has 1 atom stereocenters. The van der Waals surface area contributed by atoms with Crippen LogP contribution in [0, 0.1) is 5.92 Å². The van der Waals surface area contributed by atoms with Crippen LogP contribution in [-0.2, 0) is 11.3 Å². The largest absolute Gasteiger partial charge is 0.445 e. The Bertz CT molecular complexity index is 317. The van der Waals surface area contributed by atoms with Gasteiger partial charge in [0.2, 0.25) is 0 Å². The third-order valence-electron chi connectivity index (χ3n) is 2.74. The molecule has 0 amide bonds. The molecule has 0 radical (unpaired) electrons. The smallest absolute Gasteiger partial charge is 0.181 e. The predicted octanol–water partition coefficient (Wildman–Crippen LogP) is 2.27. The minimum atomic E-state index is 0.123. The van der Waals surface area contributed by atoms with E-state index in [2.05, 4.69) is 24.1 Å². The number of aromatic nitrogens is 1. The van der Waals surface area contributed by atoms with Crippen molar-refractivity contribution in [3.63, 3.8) is 0 Å². The zero-order chi connectivity index (χ0) is 11.4. The summed E-state index contributed by atoms with van der Waals surface area (Å²) in [4.78, 5) is 4.25. The number of hydrogen-bond donors (Lipinski definition) is 1. The fourth-order valence-corrected chi connectivity index (χ4v) is 1.94. The lowest BCUT2D eigenvalue weighted by Crippen LogP contribution is -2.20. The van der Waals surface area contributed by atoms with Gasteiger partial charge in [-0.1, -0.05) is 13.8 Å². The van der Waals surface area contributed by atoms with Crippen molar-refractivity contribution in [1.29, 1.82) is 0 Å². The average molecular weight is 224 g/mol. The van der Waals surface area contributed by atoms with Gasteiger partial charge in [0, 0.05) is 13.2 Å². The highest BCUT2D eigenvalue weighted by molar-refractivity contribution is 5.11. The highest BCUT2D eigenvalue weighted by Crippen LogP contribution is 2.30. The van der Waals surface area contributed by atoms with Crippen molar-refractivity contribution in [2.24, 2.45) is 5.92 Å². The van der Waals surface area contributed by atoms with Gasteiger partial charge in [-0.2, -0.15) is 0 Å². The molecule has 90 valence electrons. The van der Waals surface area contributed by atoms with Crippen molar-refractivity contribution < 1.29 is 9.15 Å². The monoisotopic (exact) mass is 224 g/mol. The van der Waals surface area contributed by atoms with E-state index in [1.165, 1.54) is 6.39 Å². The van der Waals surface area contributed by atoms with Gasteiger partial charge in [-0.05, 0) is 25.3 Å². The van der Waals surface area contributed by atoms with Crippen LogP contribution in [0.3, 0.4) is 0 Å². The second-order valence-electron chi connectivity index (χ2n) is 4.69. The fourth-order valence-electron chi connectivity index (χ4n) is 1.94. The third kappa shape index (κ3) is 2.83. The van der Waals surface area contributed by atoms with Gasteiger partial charge in [0.05, 0.1) is 5.69 Å². The Morgan fingerprint density at radius 1 is 1.56 bits per heavy atom. The first-order valence-electron chi connectivity index (χ1n) is 6.02. The first-order valence-corrected chi connectivity index (χ1v) is 6.02. The molecule has 1 N–H and O–H groups in total.